The Bertz CT molecular complexity index is 437. The second kappa shape index (κ2) is 7.60. The summed E-state index contributed by atoms with van der Waals surface area (Å²) in [6, 6.07) is 4.24. The molecule has 0 bridgehead atoms. The molecule has 19 heavy (non-hydrogen) atoms. The summed E-state index contributed by atoms with van der Waals surface area (Å²) in [5, 5.41) is 5.99. The standard InChI is InChI=1S/C14H20BrFN2O/c1-9(2)7-18-14(19)10(3)17-8-11-4-5-12(16)6-13(11)15/h4-6,9-10,17H,7-8H2,1-3H3,(H,18,19). The summed E-state index contributed by atoms with van der Waals surface area (Å²) >= 11 is 3.30. The molecule has 0 radical (unpaired) electrons. The lowest BCUT2D eigenvalue weighted by Crippen LogP contribution is -2.43. The SMILES string of the molecule is CC(C)CNC(=O)C(C)NCc1ccc(F)cc1Br. The predicted molar refractivity (Wildman–Crippen MR) is 78.2 cm³/mol. The quantitative estimate of drug-likeness (QED) is 0.842. The molecule has 1 rings (SSSR count). The maximum atomic E-state index is 12.9. The van der Waals surface area contributed by atoms with Gasteiger partial charge in [0.1, 0.15) is 5.82 Å². The van der Waals surface area contributed by atoms with E-state index in [1.165, 1.54) is 12.1 Å². The Morgan fingerprint density at radius 2 is 2.05 bits per heavy atom. The van der Waals surface area contributed by atoms with Crippen molar-refractivity contribution in [2.24, 2.45) is 5.92 Å². The fourth-order valence-corrected chi connectivity index (χ4v) is 1.97. The lowest BCUT2D eigenvalue weighted by Gasteiger charge is -2.15. The first kappa shape index (κ1) is 16.1. The molecule has 2 N–H and O–H groups in total. The second-order valence-electron chi connectivity index (χ2n) is 4.98. The molecular weight excluding hydrogens is 311 g/mol. The zero-order valence-corrected chi connectivity index (χ0v) is 13.1. The van der Waals surface area contributed by atoms with E-state index in [2.05, 4.69) is 26.6 Å². The Labute approximate surface area is 122 Å². The molecule has 0 saturated heterocycles. The minimum Gasteiger partial charge on any atom is -0.354 e. The Balaban J connectivity index is 2.45. The molecule has 1 unspecified atom stereocenters. The summed E-state index contributed by atoms with van der Waals surface area (Å²) < 4.78 is 13.6. The van der Waals surface area contributed by atoms with Crippen LogP contribution in [0.3, 0.4) is 0 Å². The highest BCUT2D eigenvalue weighted by atomic mass is 79.9. The number of amides is 1. The van der Waals surface area contributed by atoms with Crippen molar-refractivity contribution in [2.75, 3.05) is 6.54 Å². The van der Waals surface area contributed by atoms with E-state index in [1.807, 2.05) is 20.8 Å². The number of rotatable bonds is 6. The molecule has 1 aromatic rings. The van der Waals surface area contributed by atoms with E-state index in [4.69, 9.17) is 0 Å². The van der Waals surface area contributed by atoms with Gasteiger partial charge in [-0.2, -0.15) is 0 Å². The Hall–Kier alpha value is -0.940. The van der Waals surface area contributed by atoms with Gasteiger partial charge in [0, 0.05) is 17.6 Å². The molecule has 0 aliphatic heterocycles. The number of hydrogen-bond acceptors (Lipinski definition) is 2. The number of carbonyl (C=O) groups excluding carboxylic acids is 1. The van der Waals surface area contributed by atoms with E-state index in [0.717, 1.165) is 5.56 Å². The van der Waals surface area contributed by atoms with Crippen LogP contribution in [0.15, 0.2) is 22.7 Å². The summed E-state index contributed by atoms with van der Waals surface area (Å²) in [6.45, 7) is 7.09. The zero-order chi connectivity index (χ0) is 14.4. The molecule has 0 aliphatic rings. The van der Waals surface area contributed by atoms with E-state index in [-0.39, 0.29) is 17.8 Å². The van der Waals surface area contributed by atoms with Crippen molar-refractivity contribution in [2.45, 2.75) is 33.4 Å². The third-order valence-electron chi connectivity index (χ3n) is 2.69. The normalized spacial score (nSPS) is 12.5. The molecule has 1 aromatic carbocycles. The van der Waals surface area contributed by atoms with Crippen molar-refractivity contribution in [3.05, 3.63) is 34.1 Å². The molecule has 0 heterocycles. The average Bonchev–Trinajstić information content (AvgIpc) is 2.34. The van der Waals surface area contributed by atoms with Gasteiger partial charge in [-0.3, -0.25) is 4.79 Å². The van der Waals surface area contributed by atoms with Gasteiger partial charge in [0.15, 0.2) is 0 Å². The number of hydrogen-bond donors (Lipinski definition) is 2. The predicted octanol–water partition coefficient (Wildman–Crippen LogP) is 2.84. The number of halogens is 2. The maximum absolute atomic E-state index is 12.9. The summed E-state index contributed by atoms with van der Waals surface area (Å²) in [5.41, 5.74) is 0.921. The van der Waals surface area contributed by atoms with E-state index >= 15 is 0 Å². The Kier molecular flexibility index (Phi) is 6.45. The lowest BCUT2D eigenvalue weighted by molar-refractivity contribution is -0.122. The molecule has 3 nitrogen and oxygen atoms in total. The highest BCUT2D eigenvalue weighted by molar-refractivity contribution is 9.10. The van der Waals surface area contributed by atoms with Crippen molar-refractivity contribution in [1.29, 1.82) is 0 Å². The first-order valence-electron chi connectivity index (χ1n) is 6.35. The van der Waals surface area contributed by atoms with Crippen LogP contribution in [-0.4, -0.2) is 18.5 Å². The molecule has 106 valence electrons. The highest BCUT2D eigenvalue weighted by Crippen LogP contribution is 2.17. The zero-order valence-electron chi connectivity index (χ0n) is 11.5. The third-order valence-corrected chi connectivity index (χ3v) is 3.43. The van der Waals surface area contributed by atoms with E-state index in [9.17, 15) is 9.18 Å². The van der Waals surface area contributed by atoms with E-state index < -0.39 is 0 Å². The second-order valence-corrected chi connectivity index (χ2v) is 5.83. The van der Waals surface area contributed by atoms with Gasteiger partial charge in [-0.1, -0.05) is 35.8 Å². The lowest BCUT2D eigenvalue weighted by atomic mass is 10.2. The summed E-state index contributed by atoms with van der Waals surface area (Å²) in [4.78, 5) is 11.8. The summed E-state index contributed by atoms with van der Waals surface area (Å²) in [5.74, 6) is 0.132. The molecule has 0 fully saturated rings. The molecule has 1 atom stereocenters. The number of carbonyl (C=O) groups is 1. The van der Waals surface area contributed by atoms with Crippen molar-refractivity contribution in [3.8, 4) is 0 Å². The molecule has 1 amide bonds. The number of benzene rings is 1. The first-order chi connectivity index (χ1) is 8.90. The minimum absolute atomic E-state index is 0.0214. The van der Waals surface area contributed by atoms with Crippen molar-refractivity contribution in [3.63, 3.8) is 0 Å². The van der Waals surface area contributed by atoms with Crippen LogP contribution in [0.5, 0.6) is 0 Å². The van der Waals surface area contributed by atoms with Crippen LogP contribution in [0.1, 0.15) is 26.3 Å². The van der Waals surface area contributed by atoms with Crippen molar-refractivity contribution in [1.82, 2.24) is 10.6 Å². The molecule has 0 aromatic heterocycles. The molecule has 5 heteroatoms. The molecule has 0 aliphatic carbocycles. The van der Waals surface area contributed by atoms with Gasteiger partial charge in [0.2, 0.25) is 5.91 Å². The van der Waals surface area contributed by atoms with Gasteiger partial charge >= 0.3 is 0 Å². The van der Waals surface area contributed by atoms with E-state index in [0.29, 0.717) is 23.5 Å². The Morgan fingerprint density at radius 3 is 2.63 bits per heavy atom. The smallest absolute Gasteiger partial charge is 0.236 e. The summed E-state index contributed by atoms with van der Waals surface area (Å²) in [6.07, 6.45) is 0. The Morgan fingerprint density at radius 1 is 1.37 bits per heavy atom. The highest BCUT2D eigenvalue weighted by Gasteiger charge is 2.12. The fraction of sp³-hybridized carbons (Fsp3) is 0.500. The summed E-state index contributed by atoms with van der Waals surface area (Å²) in [7, 11) is 0. The van der Waals surface area contributed by atoms with E-state index in [1.54, 1.807) is 6.07 Å². The van der Waals surface area contributed by atoms with Gasteiger partial charge in [-0.25, -0.2) is 4.39 Å². The van der Waals surface area contributed by atoms with Gasteiger partial charge in [0.25, 0.3) is 0 Å². The van der Waals surface area contributed by atoms with Gasteiger partial charge in [-0.05, 0) is 30.5 Å². The fourth-order valence-electron chi connectivity index (χ4n) is 1.48. The number of nitrogens with one attached hydrogen (secondary N) is 2. The van der Waals surface area contributed by atoms with Gasteiger partial charge < -0.3 is 10.6 Å². The largest absolute Gasteiger partial charge is 0.354 e. The minimum atomic E-state index is -0.282. The maximum Gasteiger partial charge on any atom is 0.236 e. The van der Waals surface area contributed by atoms with Crippen LogP contribution in [0.4, 0.5) is 4.39 Å². The van der Waals surface area contributed by atoms with Crippen LogP contribution in [-0.2, 0) is 11.3 Å². The monoisotopic (exact) mass is 330 g/mol. The van der Waals surface area contributed by atoms with Gasteiger partial charge in [-0.15, -0.1) is 0 Å². The van der Waals surface area contributed by atoms with Crippen LogP contribution in [0, 0.1) is 11.7 Å². The van der Waals surface area contributed by atoms with Crippen molar-refractivity contribution < 1.29 is 9.18 Å². The average molecular weight is 331 g/mol. The van der Waals surface area contributed by atoms with Crippen molar-refractivity contribution >= 4 is 21.8 Å². The van der Waals surface area contributed by atoms with Crippen LogP contribution < -0.4 is 10.6 Å². The third kappa shape index (κ3) is 5.70. The topological polar surface area (TPSA) is 41.1 Å². The van der Waals surface area contributed by atoms with Crippen LogP contribution in [0.25, 0.3) is 0 Å². The van der Waals surface area contributed by atoms with Crippen LogP contribution >= 0.6 is 15.9 Å². The van der Waals surface area contributed by atoms with Gasteiger partial charge in [0.05, 0.1) is 6.04 Å². The molecule has 0 spiro atoms. The molecular formula is C14H20BrFN2O. The molecule has 0 saturated carbocycles. The first-order valence-corrected chi connectivity index (χ1v) is 7.14. The van der Waals surface area contributed by atoms with Crippen LogP contribution in [0.2, 0.25) is 0 Å².